The molecule has 0 saturated carbocycles. The van der Waals surface area contributed by atoms with E-state index < -0.39 is 0 Å². The SMILES string of the molecule is CCCCCC=CCOc1ccc(-c2ccc(-c3ncc(CCCCC)s3)cc2)cc1. The average Bonchev–Trinajstić information content (AvgIpc) is 3.28. The van der Waals surface area contributed by atoms with Crippen LogP contribution in [-0.4, -0.2) is 11.6 Å². The summed E-state index contributed by atoms with van der Waals surface area (Å²) >= 11 is 1.82. The van der Waals surface area contributed by atoms with Crippen LogP contribution in [0.15, 0.2) is 66.9 Å². The van der Waals surface area contributed by atoms with Gasteiger partial charge in [-0.05, 0) is 48.9 Å². The Hall–Kier alpha value is -2.39. The normalized spacial score (nSPS) is 11.3. The molecule has 0 aliphatic rings. The molecule has 164 valence electrons. The number of benzene rings is 2. The third kappa shape index (κ3) is 7.66. The van der Waals surface area contributed by atoms with Crippen LogP contribution in [-0.2, 0) is 6.42 Å². The van der Waals surface area contributed by atoms with Crippen molar-refractivity contribution in [3.8, 4) is 27.4 Å². The summed E-state index contributed by atoms with van der Waals surface area (Å²) < 4.78 is 5.82. The van der Waals surface area contributed by atoms with Crippen LogP contribution < -0.4 is 4.74 Å². The maximum atomic E-state index is 5.82. The second-order valence-electron chi connectivity index (χ2n) is 7.97. The largest absolute Gasteiger partial charge is 0.490 e. The minimum Gasteiger partial charge on any atom is -0.490 e. The van der Waals surface area contributed by atoms with Gasteiger partial charge in [-0.1, -0.05) is 88.1 Å². The summed E-state index contributed by atoms with van der Waals surface area (Å²) in [6, 6.07) is 17.1. The van der Waals surface area contributed by atoms with Gasteiger partial charge in [0, 0.05) is 16.6 Å². The van der Waals surface area contributed by atoms with Crippen LogP contribution in [0.1, 0.15) is 63.7 Å². The van der Waals surface area contributed by atoms with Crippen molar-refractivity contribution in [1.29, 1.82) is 0 Å². The lowest BCUT2D eigenvalue weighted by atomic mass is 10.0. The minimum atomic E-state index is 0.633. The summed E-state index contributed by atoms with van der Waals surface area (Å²) in [5, 5.41) is 1.12. The van der Waals surface area contributed by atoms with Crippen LogP contribution in [0.3, 0.4) is 0 Å². The van der Waals surface area contributed by atoms with Gasteiger partial charge in [-0.25, -0.2) is 4.98 Å². The highest BCUT2D eigenvalue weighted by molar-refractivity contribution is 7.15. The van der Waals surface area contributed by atoms with E-state index in [1.807, 2.05) is 17.5 Å². The number of thiazole rings is 1. The van der Waals surface area contributed by atoms with E-state index in [9.17, 15) is 0 Å². The molecule has 0 aliphatic heterocycles. The number of ether oxygens (including phenoxy) is 1. The Kier molecular flexibility index (Phi) is 9.85. The molecule has 0 aliphatic carbocycles. The number of rotatable bonds is 13. The molecule has 3 rings (SSSR count). The van der Waals surface area contributed by atoms with Crippen LogP contribution in [0.2, 0.25) is 0 Å². The first-order chi connectivity index (χ1) is 15.3. The monoisotopic (exact) mass is 433 g/mol. The van der Waals surface area contributed by atoms with Gasteiger partial charge in [0.05, 0.1) is 0 Å². The third-order valence-corrected chi connectivity index (χ3v) is 6.49. The van der Waals surface area contributed by atoms with Crippen LogP contribution in [0.4, 0.5) is 0 Å². The van der Waals surface area contributed by atoms with E-state index in [0.717, 1.165) is 23.6 Å². The highest BCUT2D eigenvalue weighted by Crippen LogP contribution is 2.29. The van der Waals surface area contributed by atoms with Crippen molar-refractivity contribution in [2.45, 2.75) is 65.2 Å². The minimum absolute atomic E-state index is 0.633. The van der Waals surface area contributed by atoms with Crippen molar-refractivity contribution < 1.29 is 4.74 Å². The Morgan fingerprint density at radius 2 is 1.42 bits per heavy atom. The maximum absolute atomic E-state index is 5.82. The quantitative estimate of drug-likeness (QED) is 0.198. The van der Waals surface area contributed by atoms with E-state index in [2.05, 4.69) is 79.5 Å². The molecule has 0 bridgehead atoms. The number of aryl methyl sites for hydroxylation is 1. The first-order valence-electron chi connectivity index (χ1n) is 11.7. The summed E-state index contributed by atoms with van der Waals surface area (Å²) in [5.74, 6) is 0.914. The summed E-state index contributed by atoms with van der Waals surface area (Å²) in [4.78, 5) is 6.02. The Labute approximate surface area is 192 Å². The van der Waals surface area contributed by atoms with Crippen LogP contribution in [0.25, 0.3) is 21.7 Å². The molecule has 31 heavy (non-hydrogen) atoms. The molecule has 1 heterocycles. The molecule has 2 aromatic carbocycles. The van der Waals surface area contributed by atoms with Crippen molar-refractivity contribution in [1.82, 2.24) is 4.98 Å². The van der Waals surface area contributed by atoms with E-state index in [0.29, 0.717) is 6.61 Å². The standard InChI is InChI=1S/C28H35NOS/c1-3-5-7-8-9-11-21-30-26-19-17-24(18-20-26)23-13-15-25(16-14-23)28-29-22-27(31-28)12-10-6-4-2/h9,11,13-20,22H,3-8,10,12,21H2,1-2H3. The Balaban J connectivity index is 1.51. The number of unbranched alkanes of at least 4 members (excludes halogenated alkanes) is 5. The number of hydrogen-bond acceptors (Lipinski definition) is 3. The molecule has 0 amide bonds. The smallest absolute Gasteiger partial charge is 0.123 e. The lowest BCUT2D eigenvalue weighted by Gasteiger charge is -2.06. The summed E-state index contributed by atoms with van der Waals surface area (Å²) in [6.45, 7) is 5.11. The molecule has 0 atom stereocenters. The predicted molar refractivity (Wildman–Crippen MR) is 135 cm³/mol. The summed E-state index contributed by atoms with van der Waals surface area (Å²) in [6.07, 6.45) is 16.3. The van der Waals surface area contributed by atoms with Gasteiger partial charge in [-0.3, -0.25) is 0 Å². The lowest BCUT2D eigenvalue weighted by Crippen LogP contribution is -1.93. The van der Waals surface area contributed by atoms with Crippen LogP contribution in [0.5, 0.6) is 5.75 Å². The third-order valence-electron chi connectivity index (χ3n) is 5.39. The maximum Gasteiger partial charge on any atom is 0.123 e. The number of allylic oxidation sites excluding steroid dienone is 1. The molecule has 2 nitrogen and oxygen atoms in total. The first-order valence-corrected chi connectivity index (χ1v) is 12.5. The van der Waals surface area contributed by atoms with Crippen molar-refractivity contribution >= 4 is 11.3 Å². The van der Waals surface area contributed by atoms with Crippen LogP contribution >= 0.6 is 11.3 Å². The highest BCUT2D eigenvalue weighted by atomic mass is 32.1. The van der Waals surface area contributed by atoms with Crippen molar-refractivity contribution in [2.24, 2.45) is 0 Å². The fourth-order valence-electron chi connectivity index (χ4n) is 3.50. The zero-order valence-electron chi connectivity index (χ0n) is 19.0. The number of nitrogens with zero attached hydrogens (tertiary/aromatic N) is 1. The van der Waals surface area contributed by atoms with E-state index in [1.165, 1.54) is 60.1 Å². The van der Waals surface area contributed by atoms with Crippen molar-refractivity contribution in [3.63, 3.8) is 0 Å². The molecular weight excluding hydrogens is 398 g/mol. The van der Waals surface area contributed by atoms with Gasteiger partial charge in [-0.15, -0.1) is 11.3 Å². The van der Waals surface area contributed by atoms with Gasteiger partial charge in [0.25, 0.3) is 0 Å². The Morgan fingerprint density at radius 3 is 2.13 bits per heavy atom. The Bertz CT molecular complexity index is 909. The topological polar surface area (TPSA) is 22.1 Å². The van der Waals surface area contributed by atoms with E-state index in [4.69, 9.17) is 4.74 Å². The predicted octanol–water partition coefficient (Wildman–Crippen LogP) is 8.73. The fourth-order valence-corrected chi connectivity index (χ4v) is 4.46. The van der Waals surface area contributed by atoms with Crippen LogP contribution in [0, 0.1) is 0 Å². The second-order valence-corrected chi connectivity index (χ2v) is 9.08. The lowest BCUT2D eigenvalue weighted by molar-refractivity contribution is 0.362. The van der Waals surface area contributed by atoms with E-state index in [1.54, 1.807) is 0 Å². The molecule has 1 aromatic heterocycles. The first kappa shape index (κ1) is 23.3. The second kappa shape index (κ2) is 13.1. The Morgan fingerprint density at radius 1 is 0.774 bits per heavy atom. The van der Waals surface area contributed by atoms with Gasteiger partial charge >= 0.3 is 0 Å². The zero-order chi connectivity index (χ0) is 21.7. The molecule has 0 unspecified atom stereocenters. The molecule has 3 aromatic rings. The zero-order valence-corrected chi connectivity index (χ0v) is 19.8. The molecule has 0 spiro atoms. The van der Waals surface area contributed by atoms with Gasteiger partial charge in [0.15, 0.2) is 0 Å². The molecular formula is C28H35NOS. The molecule has 0 fully saturated rings. The van der Waals surface area contributed by atoms with Gasteiger partial charge in [0.2, 0.25) is 0 Å². The van der Waals surface area contributed by atoms with E-state index in [-0.39, 0.29) is 0 Å². The number of hydrogen-bond donors (Lipinski definition) is 0. The number of aromatic nitrogens is 1. The average molecular weight is 434 g/mol. The van der Waals surface area contributed by atoms with Gasteiger partial charge < -0.3 is 4.74 Å². The molecule has 0 radical (unpaired) electrons. The molecule has 0 saturated heterocycles. The van der Waals surface area contributed by atoms with Gasteiger partial charge in [0.1, 0.15) is 17.4 Å². The van der Waals surface area contributed by atoms with Gasteiger partial charge in [-0.2, -0.15) is 0 Å². The molecule has 0 N–H and O–H groups in total. The van der Waals surface area contributed by atoms with Crippen molar-refractivity contribution in [3.05, 3.63) is 71.8 Å². The fraction of sp³-hybridized carbons (Fsp3) is 0.393. The molecule has 3 heteroatoms. The summed E-state index contributed by atoms with van der Waals surface area (Å²) in [7, 11) is 0. The van der Waals surface area contributed by atoms with Crippen molar-refractivity contribution in [2.75, 3.05) is 6.61 Å². The summed E-state index contributed by atoms with van der Waals surface area (Å²) in [5.41, 5.74) is 3.61. The highest BCUT2D eigenvalue weighted by Gasteiger charge is 2.06. The van der Waals surface area contributed by atoms with E-state index >= 15 is 0 Å².